The predicted molar refractivity (Wildman–Crippen MR) is 77.3 cm³/mol. The summed E-state index contributed by atoms with van der Waals surface area (Å²) >= 11 is 0. The standard InChI is InChI=1S/C15H20FN3O/c1-11(10-20-3)19-8-7-17-15(19)18-12(2)13-5-4-6-14(16)9-13/h4-9,11-12H,10H2,1-3H3,(H,17,18). The lowest BCUT2D eigenvalue weighted by Gasteiger charge is -2.19. The highest BCUT2D eigenvalue weighted by Gasteiger charge is 2.13. The van der Waals surface area contributed by atoms with Gasteiger partial charge >= 0.3 is 0 Å². The van der Waals surface area contributed by atoms with Crippen molar-refractivity contribution in [3.63, 3.8) is 0 Å². The molecule has 0 saturated heterocycles. The number of imidazole rings is 1. The van der Waals surface area contributed by atoms with Gasteiger partial charge in [-0.3, -0.25) is 0 Å². The van der Waals surface area contributed by atoms with Crippen LogP contribution in [0.25, 0.3) is 0 Å². The van der Waals surface area contributed by atoms with Crippen LogP contribution in [0.5, 0.6) is 0 Å². The highest BCUT2D eigenvalue weighted by molar-refractivity contribution is 5.33. The molecule has 0 saturated carbocycles. The van der Waals surface area contributed by atoms with Crippen molar-refractivity contribution in [3.05, 3.63) is 48.0 Å². The molecular weight excluding hydrogens is 257 g/mol. The van der Waals surface area contributed by atoms with E-state index in [1.165, 1.54) is 12.1 Å². The van der Waals surface area contributed by atoms with E-state index < -0.39 is 0 Å². The van der Waals surface area contributed by atoms with E-state index in [9.17, 15) is 4.39 Å². The molecule has 2 unspecified atom stereocenters. The molecule has 0 bridgehead atoms. The lowest BCUT2D eigenvalue weighted by Crippen LogP contribution is -2.16. The van der Waals surface area contributed by atoms with Crippen LogP contribution in [0.2, 0.25) is 0 Å². The van der Waals surface area contributed by atoms with Gasteiger partial charge in [-0.05, 0) is 31.5 Å². The topological polar surface area (TPSA) is 39.1 Å². The van der Waals surface area contributed by atoms with Crippen LogP contribution in [0.1, 0.15) is 31.5 Å². The third kappa shape index (κ3) is 3.36. The first-order valence-corrected chi connectivity index (χ1v) is 6.65. The smallest absolute Gasteiger partial charge is 0.203 e. The fourth-order valence-corrected chi connectivity index (χ4v) is 2.15. The Labute approximate surface area is 118 Å². The lowest BCUT2D eigenvalue weighted by molar-refractivity contribution is 0.163. The van der Waals surface area contributed by atoms with E-state index in [4.69, 9.17) is 4.74 Å². The maximum absolute atomic E-state index is 13.2. The molecule has 4 nitrogen and oxygen atoms in total. The monoisotopic (exact) mass is 277 g/mol. The molecule has 108 valence electrons. The van der Waals surface area contributed by atoms with Crippen LogP contribution in [0.3, 0.4) is 0 Å². The van der Waals surface area contributed by atoms with Gasteiger partial charge in [0.25, 0.3) is 0 Å². The molecule has 2 aromatic rings. The van der Waals surface area contributed by atoms with Crippen molar-refractivity contribution in [1.29, 1.82) is 0 Å². The first-order valence-electron chi connectivity index (χ1n) is 6.65. The summed E-state index contributed by atoms with van der Waals surface area (Å²) in [6.45, 7) is 4.65. The van der Waals surface area contributed by atoms with Gasteiger partial charge in [-0.25, -0.2) is 9.37 Å². The Bertz CT molecular complexity index is 556. The van der Waals surface area contributed by atoms with Gasteiger partial charge in [0.1, 0.15) is 5.82 Å². The van der Waals surface area contributed by atoms with E-state index in [1.54, 1.807) is 19.4 Å². The Morgan fingerprint density at radius 3 is 2.90 bits per heavy atom. The summed E-state index contributed by atoms with van der Waals surface area (Å²) in [6.07, 6.45) is 3.65. The molecule has 0 spiro atoms. The number of aromatic nitrogens is 2. The van der Waals surface area contributed by atoms with Crippen molar-refractivity contribution >= 4 is 5.95 Å². The van der Waals surface area contributed by atoms with Crippen LogP contribution < -0.4 is 5.32 Å². The van der Waals surface area contributed by atoms with Crippen LogP contribution in [-0.2, 0) is 4.74 Å². The molecule has 1 aromatic carbocycles. The quantitative estimate of drug-likeness (QED) is 0.879. The zero-order chi connectivity index (χ0) is 14.5. The first kappa shape index (κ1) is 14.5. The molecule has 0 aliphatic carbocycles. The SMILES string of the molecule is COCC(C)n1ccnc1NC(C)c1cccc(F)c1. The summed E-state index contributed by atoms with van der Waals surface area (Å²) in [5.41, 5.74) is 0.888. The average Bonchev–Trinajstić information content (AvgIpc) is 2.87. The summed E-state index contributed by atoms with van der Waals surface area (Å²) in [4.78, 5) is 4.31. The van der Waals surface area contributed by atoms with Gasteiger partial charge in [-0.15, -0.1) is 0 Å². The largest absolute Gasteiger partial charge is 0.383 e. The number of halogens is 1. The Kier molecular flexibility index (Phi) is 4.74. The van der Waals surface area contributed by atoms with E-state index in [0.717, 1.165) is 11.5 Å². The van der Waals surface area contributed by atoms with Crippen molar-refractivity contribution in [3.8, 4) is 0 Å². The molecule has 0 amide bonds. The molecule has 2 atom stereocenters. The normalized spacial score (nSPS) is 14.0. The molecule has 20 heavy (non-hydrogen) atoms. The van der Waals surface area contributed by atoms with Crippen LogP contribution in [0.15, 0.2) is 36.7 Å². The molecule has 1 N–H and O–H groups in total. The van der Waals surface area contributed by atoms with Gasteiger partial charge in [0.05, 0.1) is 18.7 Å². The zero-order valence-electron chi connectivity index (χ0n) is 12.0. The van der Waals surface area contributed by atoms with E-state index in [1.807, 2.05) is 23.8 Å². The second-order valence-electron chi connectivity index (χ2n) is 4.88. The van der Waals surface area contributed by atoms with E-state index >= 15 is 0 Å². The maximum Gasteiger partial charge on any atom is 0.203 e. The number of rotatable bonds is 6. The lowest BCUT2D eigenvalue weighted by atomic mass is 10.1. The van der Waals surface area contributed by atoms with Crippen molar-refractivity contribution in [2.75, 3.05) is 19.0 Å². The zero-order valence-corrected chi connectivity index (χ0v) is 12.0. The molecule has 0 aliphatic rings. The minimum atomic E-state index is -0.229. The summed E-state index contributed by atoms with van der Waals surface area (Å²) < 4.78 is 20.4. The maximum atomic E-state index is 13.2. The highest BCUT2D eigenvalue weighted by atomic mass is 19.1. The van der Waals surface area contributed by atoms with E-state index in [-0.39, 0.29) is 17.9 Å². The van der Waals surface area contributed by atoms with Crippen molar-refractivity contribution in [1.82, 2.24) is 9.55 Å². The summed E-state index contributed by atoms with van der Waals surface area (Å²) in [7, 11) is 1.68. The molecular formula is C15H20FN3O. The number of hydrogen-bond acceptors (Lipinski definition) is 3. The second kappa shape index (κ2) is 6.52. The van der Waals surface area contributed by atoms with Gasteiger partial charge in [0.2, 0.25) is 5.95 Å². The Morgan fingerprint density at radius 1 is 1.40 bits per heavy atom. The average molecular weight is 277 g/mol. The highest BCUT2D eigenvalue weighted by Crippen LogP contribution is 2.21. The second-order valence-corrected chi connectivity index (χ2v) is 4.88. The number of benzene rings is 1. The van der Waals surface area contributed by atoms with Crippen LogP contribution in [0, 0.1) is 5.82 Å². The summed E-state index contributed by atoms with van der Waals surface area (Å²) in [6, 6.07) is 6.74. The third-order valence-corrected chi connectivity index (χ3v) is 3.25. The van der Waals surface area contributed by atoms with E-state index in [0.29, 0.717) is 6.61 Å². The van der Waals surface area contributed by atoms with Crippen LogP contribution in [0.4, 0.5) is 10.3 Å². The Balaban J connectivity index is 2.12. The first-order chi connectivity index (χ1) is 9.61. The molecule has 5 heteroatoms. The molecule has 2 rings (SSSR count). The minimum Gasteiger partial charge on any atom is -0.383 e. The molecule has 1 heterocycles. The molecule has 0 radical (unpaired) electrons. The predicted octanol–water partition coefficient (Wildman–Crippen LogP) is 3.40. The third-order valence-electron chi connectivity index (χ3n) is 3.25. The minimum absolute atomic E-state index is 0.0263. The van der Waals surface area contributed by atoms with Crippen LogP contribution >= 0.6 is 0 Å². The Morgan fingerprint density at radius 2 is 2.20 bits per heavy atom. The van der Waals surface area contributed by atoms with Gasteiger partial charge < -0.3 is 14.6 Å². The molecule has 0 aliphatic heterocycles. The summed E-state index contributed by atoms with van der Waals surface area (Å²) in [5, 5.41) is 3.30. The number of methoxy groups -OCH3 is 1. The fourth-order valence-electron chi connectivity index (χ4n) is 2.15. The van der Waals surface area contributed by atoms with Gasteiger partial charge in [0, 0.05) is 19.5 Å². The number of anilines is 1. The number of nitrogens with one attached hydrogen (secondary N) is 1. The Hall–Kier alpha value is -1.88. The van der Waals surface area contributed by atoms with E-state index in [2.05, 4.69) is 17.2 Å². The van der Waals surface area contributed by atoms with Crippen LogP contribution in [-0.4, -0.2) is 23.3 Å². The van der Waals surface area contributed by atoms with Gasteiger partial charge in [0.15, 0.2) is 0 Å². The fraction of sp³-hybridized carbons (Fsp3) is 0.400. The number of ether oxygens (including phenoxy) is 1. The van der Waals surface area contributed by atoms with Crippen molar-refractivity contribution in [2.24, 2.45) is 0 Å². The molecule has 1 aromatic heterocycles. The number of hydrogen-bond donors (Lipinski definition) is 1. The van der Waals surface area contributed by atoms with Crippen molar-refractivity contribution in [2.45, 2.75) is 25.9 Å². The van der Waals surface area contributed by atoms with Crippen molar-refractivity contribution < 1.29 is 9.13 Å². The summed E-state index contributed by atoms with van der Waals surface area (Å²) in [5.74, 6) is 0.526. The molecule has 0 fully saturated rings. The van der Waals surface area contributed by atoms with Gasteiger partial charge in [-0.1, -0.05) is 12.1 Å². The van der Waals surface area contributed by atoms with Gasteiger partial charge in [-0.2, -0.15) is 0 Å². The number of nitrogens with zero attached hydrogens (tertiary/aromatic N) is 2.